The quantitative estimate of drug-likeness (QED) is 0.479. The van der Waals surface area contributed by atoms with E-state index in [9.17, 15) is 14.7 Å². The summed E-state index contributed by atoms with van der Waals surface area (Å²) in [5.74, 6) is -0.0305. The largest absolute Gasteiger partial charge is 0.395 e. The van der Waals surface area contributed by atoms with Crippen molar-refractivity contribution < 1.29 is 9.90 Å². The molecule has 0 saturated heterocycles. The Labute approximate surface area is 158 Å². The lowest BCUT2D eigenvalue weighted by Crippen LogP contribution is -2.25. The Morgan fingerprint density at radius 3 is 2.92 bits per heavy atom. The van der Waals surface area contributed by atoms with Crippen LogP contribution in [0, 0.1) is 0 Å². The molecule has 3 aromatic rings. The molecule has 26 heavy (non-hydrogen) atoms. The summed E-state index contributed by atoms with van der Waals surface area (Å²) in [7, 11) is 0. The molecule has 0 fully saturated rings. The highest BCUT2D eigenvalue weighted by atomic mass is 32.2. The summed E-state index contributed by atoms with van der Waals surface area (Å²) in [5.41, 5.74) is 2.31. The normalized spacial score (nSPS) is 11.0. The van der Waals surface area contributed by atoms with E-state index in [-0.39, 0.29) is 30.4 Å². The van der Waals surface area contributed by atoms with Gasteiger partial charge in [-0.15, -0.1) is 11.3 Å². The highest BCUT2D eigenvalue weighted by molar-refractivity contribution is 7.99. The van der Waals surface area contributed by atoms with E-state index in [2.05, 4.69) is 10.3 Å². The molecule has 0 aliphatic carbocycles. The Balaban J connectivity index is 1.77. The summed E-state index contributed by atoms with van der Waals surface area (Å²) in [4.78, 5) is 29.3. The second kappa shape index (κ2) is 8.48. The molecule has 0 unspecified atom stereocenters. The number of hydrogen-bond donors (Lipinski definition) is 2. The molecular weight excluding hydrogens is 370 g/mol. The molecule has 8 heteroatoms. The fraction of sp³-hybridized carbons (Fsp3) is 0.278. The minimum Gasteiger partial charge on any atom is -0.395 e. The van der Waals surface area contributed by atoms with Crippen LogP contribution in [0.15, 0.2) is 45.7 Å². The summed E-state index contributed by atoms with van der Waals surface area (Å²) >= 11 is 2.52. The number of carbonyl (C=O) groups excluding carboxylic acids is 1. The Morgan fingerprint density at radius 2 is 2.15 bits per heavy atom. The molecule has 1 aromatic carbocycles. The van der Waals surface area contributed by atoms with Crippen molar-refractivity contribution in [2.24, 2.45) is 0 Å². The van der Waals surface area contributed by atoms with E-state index in [4.69, 9.17) is 0 Å². The number of fused-ring (bicyclic) bond motifs is 1. The number of aliphatic hydroxyl groups excluding tert-OH is 1. The summed E-state index contributed by atoms with van der Waals surface area (Å²) in [5, 5.41) is 14.4. The van der Waals surface area contributed by atoms with Gasteiger partial charge in [-0.3, -0.25) is 14.2 Å². The van der Waals surface area contributed by atoms with Gasteiger partial charge < -0.3 is 10.4 Å². The highest BCUT2D eigenvalue weighted by Crippen LogP contribution is 2.22. The van der Waals surface area contributed by atoms with Crippen LogP contribution in [-0.2, 0) is 17.8 Å². The van der Waals surface area contributed by atoms with Crippen LogP contribution >= 0.6 is 23.1 Å². The average molecular weight is 390 g/mol. The lowest BCUT2D eigenvalue weighted by molar-refractivity contribution is -0.113. The van der Waals surface area contributed by atoms with Gasteiger partial charge in [0.1, 0.15) is 4.70 Å². The number of rotatable bonds is 7. The lowest BCUT2D eigenvalue weighted by Gasteiger charge is -2.12. The molecular formula is C18H19N3O3S2. The molecule has 2 N–H and O–H groups in total. The first-order valence-electron chi connectivity index (χ1n) is 8.23. The Hall–Kier alpha value is -2.16. The van der Waals surface area contributed by atoms with Gasteiger partial charge >= 0.3 is 0 Å². The van der Waals surface area contributed by atoms with E-state index in [0.717, 1.165) is 17.7 Å². The van der Waals surface area contributed by atoms with E-state index in [0.29, 0.717) is 15.4 Å². The number of nitrogens with one attached hydrogen (secondary N) is 1. The van der Waals surface area contributed by atoms with Crippen molar-refractivity contribution in [3.05, 3.63) is 51.6 Å². The molecule has 0 aliphatic rings. The Kier molecular flexibility index (Phi) is 6.08. The van der Waals surface area contributed by atoms with Gasteiger partial charge in [0.05, 0.1) is 24.4 Å². The van der Waals surface area contributed by atoms with Crippen LogP contribution in [0.1, 0.15) is 12.5 Å². The maximum atomic E-state index is 12.5. The number of carbonyl (C=O) groups is 1. The predicted molar refractivity (Wildman–Crippen MR) is 106 cm³/mol. The zero-order chi connectivity index (χ0) is 18.5. The number of hydrogen-bond acceptors (Lipinski definition) is 6. The van der Waals surface area contributed by atoms with Gasteiger partial charge in [-0.25, -0.2) is 4.98 Å². The van der Waals surface area contributed by atoms with Crippen LogP contribution < -0.4 is 10.9 Å². The van der Waals surface area contributed by atoms with E-state index >= 15 is 0 Å². The van der Waals surface area contributed by atoms with E-state index in [1.54, 1.807) is 6.07 Å². The van der Waals surface area contributed by atoms with Gasteiger partial charge in [-0.1, -0.05) is 36.9 Å². The Bertz CT molecular complexity index is 981. The van der Waals surface area contributed by atoms with Crippen LogP contribution in [-0.4, -0.2) is 32.9 Å². The molecule has 0 atom stereocenters. The number of amides is 1. The summed E-state index contributed by atoms with van der Waals surface area (Å²) in [6, 6.07) is 9.46. The van der Waals surface area contributed by atoms with Crippen molar-refractivity contribution in [3.8, 4) is 0 Å². The number of anilines is 1. The van der Waals surface area contributed by atoms with Crippen LogP contribution in [0.25, 0.3) is 10.2 Å². The van der Waals surface area contributed by atoms with Crippen molar-refractivity contribution >= 4 is 44.9 Å². The maximum absolute atomic E-state index is 12.5. The fourth-order valence-corrected chi connectivity index (χ4v) is 4.20. The number of aromatic nitrogens is 2. The molecule has 1 amide bonds. The maximum Gasteiger partial charge on any atom is 0.272 e. The average Bonchev–Trinajstić information content (AvgIpc) is 3.12. The third kappa shape index (κ3) is 3.98. The third-order valence-electron chi connectivity index (χ3n) is 3.86. The van der Waals surface area contributed by atoms with Gasteiger partial charge in [-0.05, 0) is 29.5 Å². The molecule has 2 aromatic heterocycles. The molecule has 0 radical (unpaired) electrons. The first-order chi connectivity index (χ1) is 12.6. The van der Waals surface area contributed by atoms with Crippen LogP contribution in [0.4, 0.5) is 5.69 Å². The lowest BCUT2D eigenvalue weighted by atomic mass is 10.1. The minimum absolute atomic E-state index is 0.131. The summed E-state index contributed by atoms with van der Waals surface area (Å²) in [6.45, 7) is 2.03. The number of aryl methyl sites for hydroxylation is 1. The van der Waals surface area contributed by atoms with Gasteiger partial charge in [0, 0.05) is 5.69 Å². The summed E-state index contributed by atoms with van der Waals surface area (Å²) in [6.07, 6.45) is 0.829. The monoisotopic (exact) mass is 389 g/mol. The first kappa shape index (κ1) is 18.6. The molecule has 0 spiro atoms. The molecule has 136 valence electrons. The molecule has 6 nitrogen and oxygen atoms in total. The van der Waals surface area contributed by atoms with Crippen LogP contribution in [0.2, 0.25) is 0 Å². The van der Waals surface area contributed by atoms with Gasteiger partial charge in [0.2, 0.25) is 5.91 Å². The second-order valence-corrected chi connectivity index (χ2v) is 7.42. The number of thiophene rings is 1. The SMILES string of the molecule is CCc1ccccc1NC(=O)CSc1nc2ccsc2c(=O)n1CCO. The zero-order valence-corrected chi connectivity index (χ0v) is 15.9. The van der Waals surface area contributed by atoms with Crippen LogP contribution in [0.5, 0.6) is 0 Å². The number of thioether (sulfide) groups is 1. The number of aliphatic hydroxyl groups is 1. The number of nitrogens with zero attached hydrogens (tertiary/aromatic N) is 2. The van der Waals surface area contributed by atoms with Crippen LogP contribution in [0.3, 0.4) is 0 Å². The smallest absolute Gasteiger partial charge is 0.272 e. The first-order valence-corrected chi connectivity index (χ1v) is 10.1. The topological polar surface area (TPSA) is 84.2 Å². The van der Waals surface area contributed by atoms with Crippen molar-refractivity contribution in [2.75, 3.05) is 17.7 Å². The molecule has 0 saturated carbocycles. The minimum atomic E-state index is -0.182. The number of benzene rings is 1. The third-order valence-corrected chi connectivity index (χ3v) is 5.73. The molecule has 3 rings (SSSR count). The highest BCUT2D eigenvalue weighted by Gasteiger charge is 2.14. The van der Waals surface area contributed by atoms with Crippen molar-refractivity contribution in [1.29, 1.82) is 0 Å². The van der Waals surface area contributed by atoms with E-state index < -0.39 is 0 Å². The molecule has 2 heterocycles. The Morgan fingerprint density at radius 1 is 1.35 bits per heavy atom. The van der Waals surface area contributed by atoms with Gasteiger partial charge in [-0.2, -0.15) is 0 Å². The second-order valence-electron chi connectivity index (χ2n) is 5.56. The predicted octanol–water partition coefficient (Wildman–Crippen LogP) is 2.74. The molecule has 0 bridgehead atoms. The number of para-hydroxylation sites is 1. The van der Waals surface area contributed by atoms with Crippen molar-refractivity contribution in [1.82, 2.24) is 9.55 Å². The zero-order valence-electron chi connectivity index (χ0n) is 14.3. The standard InChI is InChI=1S/C18H19N3O3S2/c1-2-12-5-3-4-6-13(12)19-15(23)11-26-18-20-14-7-10-25-16(14)17(24)21(18)8-9-22/h3-7,10,22H,2,8-9,11H2,1H3,(H,19,23). The molecule has 0 aliphatic heterocycles. The van der Waals surface area contributed by atoms with E-state index in [1.807, 2.05) is 36.6 Å². The summed E-state index contributed by atoms with van der Waals surface area (Å²) < 4.78 is 1.99. The van der Waals surface area contributed by atoms with Crippen molar-refractivity contribution in [3.63, 3.8) is 0 Å². The van der Waals surface area contributed by atoms with Crippen molar-refractivity contribution in [2.45, 2.75) is 25.0 Å². The van der Waals surface area contributed by atoms with Gasteiger partial charge in [0.25, 0.3) is 5.56 Å². The van der Waals surface area contributed by atoms with Gasteiger partial charge in [0.15, 0.2) is 5.16 Å². The van der Waals surface area contributed by atoms with E-state index in [1.165, 1.54) is 27.7 Å². The fourth-order valence-electron chi connectivity index (χ4n) is 2.60.